The molecule has 1 aliphatic carbocycles. The zero-order valence-corrected chi connectivity index (χ0v) is 20.7. The number of benzene rings is 3. The Morgan fingerprint density at radius 1 is 0.889 bits per heavy atom. The number of carbonyl (C=O) groups is 1. The SMILES string of the molecule is CN(CCC(=O)N1CCN(c2ccc([N+](=O)[O-])cc2)CC1)CCC1c2ccccc2-c2ccccc21. The van der Waals surface area contributed by atoms with Crippen molar-refractivity contribution in [2.24, 2.45) is 0 Å². The van der Waals surface area contributed by atoms with Crippen LogP contribution >= 0.6 is 0 Å². The number of piperazine rings is 1. The maximum absolute atomic E-state index is 12.9. The van der Waals surface area contributed by atoms with E-state index in [2.05, 4.69) is 65.4 Å². The third kappa shape index (κ3) is 4.97. The smallest absolute Gasteiger partial charge is 0.269 e. The summed E-state index contributed by atoms with van der Waals surface area (Å²) in [7, 11) is 2.10. The maximum atomic E-state index is 12.9. The monoisotopic (exact) mass is 484 g/mol. The molecule has 3 aromatic carbocycles. The van der Waals surface area contributed by atoms with E-state index in [-0.39, 0.29) is 16.5 Å². The van der Waals surface area contributed by atoms with Crippen LogP contribution in [0.4, 0.5) is 11.4 Å². The molecule has 0 radical (unpaired) electrons. The predicted octanol–water partition coefficient (Wildman–Crippen LogP) is 4.77. The lowest BCUT2D eigenvalue weighted by Crippen LogP contribution is -2.49. The average Bonchev–Trinajstić information content (AvgIpc) is 3.24. The van der Waals surface area contributed by atoms with Crippen LogP contribution in [0.5, 0.6) is 0 Å². The number of fused-ring (bicyclic) bond motifs is 3. The summed E-state index contributed by atoms with van der Waals surface area (Å²) < 4.78 is 0. The van der Waals surface area contributed by atoms with E-state index in [0.29, 0.717) is 25.4 Å². The van der Waals surface area contributed by atoms with Crippen molar-refractivity contribution in [3.05, 3.63) is 94.0 Å². The number of nitro groups is 1. The quantitative estimate of drug-likeness (QED) is 0.340. The van der Waals surface area contributed by atoms with Gasteiger partial charge in [-0.15, -0.1) is 0 Å². The molecular formula is C29H32N4O3. The van der Waals surface area contributed by atoms with E-state index in [9.17, 15) is 14.9 Å². The zero-order valence-electron chi connectivity index (χ0n) is 20.7. The first-order chi connectivity index (χ1) is 17.5. The standard InChI is InChI=1S/C29H32N4O3/c1-30(16-14-28-26-8-4-2-6-24(26)25-7-3-5-9-27(25)28)17-15-29(34)32-20-18-31(19-21-32)22-10-12-23(13-11-22)33(35)36/h2-13,28H,14-21H2,1H3. The Morgan fingerprint density at radius 2 is 1.47 bits per heavy atom. The summed E-state index contributed by atoms with van der Waals surface area (Å²) in [6.45, 7) is 4.51. The van der Waals surface area contributed by atoms with Crippen LogP contribution in [0.25, 0.3) is 11.1 Å². The molecule has 5 rings (SSSR count). The summed E-state index contributed by atoms with van der Waals surface area (Å²) in [5.74, 6) is 0.602. The van der Waals surface area contributed by atoms with Crippen molar-refractivity contribution in [3.63, 3.8) is 0 Å². The second-order valence-electron chi connectivity index (χ2n) is 9.71. The molecule has 0 atom stereocenters. The minimum Gasteiger partial charge on any atom is -0.368 e. The first-order valence-electron chi connectivity index (χ1n) is 12.6. The predicted molar refractivity (Wildman–Crippen MR) is 142 cm³/mol. The van der Waals surface area contributed by atoms with E-state index in [1.165, 1.54) is 34.4 Å². The van der Waals surface area contributed by atoms with Gasteiger partial charge in [-0.25, -0.2) is 0 Å². The van der Waals surface area contributed by atoms with Crippen molar-refractivity contribution in [2.45, 2.75) is 18.8 Å². The molecule has 7 nitrogen and oxygen atoms in total. The van der Waals surface area contributed by atoms with Gasteiger partial charge >= 0.3 is 0 Å². The summed E-state index contributed by atoms with van der Waals surface area (Å²) in [6, 6.07) is 24.1. The number of nitrogens with zero attached hydrogens (tertiary/aromatic N) is 4. The lowest BCUT2D eigenvalue weighted by atomic mass is 9.93. The normalized spacial score (nSPS) is 15.2. The van der Waals surface area contributed by atoms with Gasteiger partial charge in [0.15, 0.2) is 0 Å². The number of amides is 1. The Kier molecular flexibility index (Phi) is 7.00. The van der Waals surface area contributed by atoms with Crippen LogP contribution in [0.2, 0.25) is 0 Å². The van der Waals surface area contributed by atoms with Crippen molar-refractivity contribution >= 4 is 17.3 Å². The van der Waals surface area contributed by atoms with Crippen LogP contribution in [-0.2, 0) is 4.79 Å². The van der Waals surface area contributed by atoms with E-state index in [1.54, 1.807) is 12.1 Å². The second kappa shape index (κ2) is 10.5. The van der Waals surface area contributed by atoms with Gasteiger partial charge in [-0.05, 0) is 54.4 Å². The molecule has 1 aliphatic heterocycles. The van der Waals surface area contributed by atoms with E-state index in [4.69, 9.17) is 0 Å². The van der Waals surface area contributed by atoms with Crippen molar-refractivity contribution in [2.75, 3.05) is 51.2 Å². The first-order valence-corrected chi connectivity index (χ1v) is 12.6. The van der Waals surface area contributed by atoms with Crippen LogP contribution in [0, 0.1) is 10.1 Å². The van der Waals surface area contributed by atoms with Gasteiger partial charge in [0.25, 0.3) is 5.69 Å². The molecule has 186 valence electrons. The molecule has 0 bridgehead atoms. The summed E-state index contributed by atoms with van der Waals surface area (Å²) in [4.78, 5) is 29.7. The number of non-ortho nitro benzene ring substituents is 1. The Morgan fingerprint density at radius 3 is 2.06 bits per heavy atom. The number of rotatable bonds is 8. The third-order valence-electron chi connectivity index (χ3n) is 7.53. The van der Waals surface area contributed by atoms with Gasteiger partial charge in [0.2, 0.25) is 5.91 Å². The lowest BCUT2D eigenvalue weighted by molar-refractivity contribution is -0.384. The van der Waals surface area contributed by atoms with Gasteiger partial charge in [0, 0.05) is 62.9 Å². The van der Waals surface area contributed by atoms with Crippen LogP contribution in [0.3, 0.4) is 0 Å². The maximum Gasteiger partial charge on any atom is 0.269 e. The summed E-state index contributed by atoms with van der Waals surface area (Å²) in [6.07, 6.45) is 1.55. The molecule has 2 aliphatic rings. The Balaban J connectivity index is 1.08. The van der Waals surface area contributed by atoms with Crippen LogP contribution in [0.1, 0.15) is 29.9 Å². The van der Waals surface area contributed by atoms with Crippen LogP contribution in [0.15, 0.2) is 72.8 Å². The summed E-state index contributed by atoms with van der Waals surface area (Å²) in [5, 5.41) is 10.9. The molecule has 0 unspecified atom stereocenters. The van der Waals surface area contributed by atoms with E-state index < -0.39 is 0 Å². The van der Waals surface area contributed by atoms with Crippen LogP contribution < -0.4 is 4.90 Å². The third-order valence-corrected chi connectivity index (χ3v) is 7.53. The fourth-order valence-electron chi connectivity index (χ4n) is 5.48. The van der Waals surface area contributed by atoms with Gasteiger partial charge in [-0.1, -0.05) is 48.5 Å². The summed E-state index contributed by atoms with van der Waals surface area (Å²) in [5.41, 5.74) is 6.58. The highest BCUT2D eigenvalue weighted by Gasteiger charge is 2.28. The molecule has 0 spiro atoms. The number of anilines is 1. The largest absolute Gasteiger partial charge is 0.368 e. The molecule has 0 aromatic heterocycles. The van der Waals surface area contributed by atoms with Crippen molar-refractivity contribution < 1.29 is 9.72 Å². The number of nitro benzene ring substituents is 1. The summed E-state index contributed by atoms with van der Waals surface area (Å²) >= 11 is 0. The number of carbonyl (C=O) groups excluding carboxylic acids is 1. The highest BCUT2D eigenvalue weighted by atomic mass is 16.6. The van der Waals surface area contributed by atoms with Gasteiger partial charge in [-0.3, -0.25) is 14.9 Å². The highest BCUT2D eigenvalue weighted by Crippen LogP contribution is 2.46. The molecule has 0 saturated carbocycles. The van der Waals surface area contributed by atoms with Gasteiger partial charge in [0.1, 0.15) is 0 Å². The van der Waals surface area contributed by atoms with Gasteiger partial charge < -0.3 is 14.7 Å². The van der Waals surface area contributed by atoms with E-state index in [1.807, 2.05) is 4.90 Å². The molecule has 1 heterocycles. The fourth-order valence-corrected chi connectivity index (χ4v) is 5.48. The van der Waals surface area contributed by atoms with Gasteiger partial charge in [0.05, 0.1) is 4.92 Å². The minimum atomic E-state index is -0.386. The second-order valence-corrected chi connectivity index (χ2v) is 9.71. The van der Waals surface area contributed by atoms with E-state index >= 15 is 0 Å². The molecule has 3 aromatic rings. The molecule has 7 heteroatoms. The van der Waals surface area contributed by atoms with Crippen molar-refractivity contribution in [1.29, 1.82) is 0 Å². The number of hydrogen-bond acceptors (Lipinski definition) is 5. The molecule has 36 heavy (non-hydrogen) atoms. The van der Waals surface area contributed by atoms with Crippen LogP contribution in [-0.4, -0.2) is 66.9 Å². The Bertz CT molecular complexity index is 1190. The topological polar surface area (TPSA) is 69.9 Å². The molecule has 0 N–H and O–H groups in total. The van der Waals surface area contributed by atoms with Crippen molar-refractivity contribution in [3.8, 4) is 11.1 Å². The first kappa shape index (κ1) is 24.0. The number of hydrogen-bond donors (Lipinski definition) is 0. The fraction of sp³-hybridized carbons (Fsp3) is 0.345. The molecule has 1 amide bonds. The Labute approximate surface area is 212 Å². The Hall–Kier alpha value is -3.71. The zero-order chi connectivity index (χ0) is 25.1. The van der Waals surface area contributed by atoms with Gasteiger partial charge in [-0.2, -0.15) is 0 Å². The van der Waals surface area contributed by atoms with E-state index in [0.717, 1.165) is 38.3 Å². The lowest BCUT2D eigenvalue weighted by Gasteiger charge is -2.36. The molecule has 1 saturated heterocycles. The highest BCUT2D eigenvalue weighted by molar-refractivity contribution is 5.79. The average molecular weight is 485 g/mol. The minimum absolute atomic E-state index is 0.0954. The molecular weight excluding hydrogens is 452 g/mol. The molecule has 1 fully saturated rings. The van der Waals surface area contributed by atoms with Crippen molar-refractivity contribution in [1.82, 2.24) is 9.80 Å².